The first kappa shape index (κ1) is 27.2. The van der Waals surface area contributed by atoms with Crippen molar-refractivity contribution in [2.24, 2.45) is 0 Å². The van der Waals surface area contributed by atoms with Gasteiger partial charge in [-0.05, 0) is 62.2 Å². The summed E-state index contributed by atoms with van der Waals surface area (Å²) in [6.07, 6.45) is 0.151. The summed E-state index contributed by atoms with van der Waals surface area (Å²) in [4.78, 5) is 30.5. The molecule has 9 nitrogen and oxygen atoms in total. The van der Waals surface area contributed by atoms with Crippen LogP contribution in [0.3, 0.4) is 0 Å². The molecule has 6 rings (SSSR count). The highest BCUT2D eigenvalue weighted by Crippen LogP contribution is 2.39. The number of carbonyl (C=O) groups is 2. The second kappa shape index (κ2) is 11.1. The molecule has 4 aromatic rings. The van der Waals surface area contributed by atoms with Gasteiger partial charge in [-0.3, -0.25) is 14.5 Å². The molecule has 3 aromatic carbocycles. The maximum Gasteiger partial charge on any atom is 0.256 e. The van der Waals surface area contributed by atoms with Crippen LogP contribution in [0.25, 0.3) is 0 Å². The Morgan fingerprint density at radius 2 is 1.86 bits per heavy atom. The van der Waals surface area contributed by atoms with Crippen LogP contribution in [0.5, 0.6) is 0 Å². The van der Waals surface area contributed by atoms with Crippen molar-refractivity contribution in [3.63, 3.8) is 0 Å². The van der Waals surface area contributed by atoms with Crippen LogP contribution in [0.1, 0.15) is 57.0 Å². The predicted octanol–water partition coefficient (Wildman–Crippen LogP) is 5.21. The Morgan fingerprint density at radius 1 is 1.10 bits per heavy atom. The Bertz CT molecular complexity index is 1700. The van der Waals surface area contributed by atoms with Gasteiger partial charge in [-0.15, -0.1) is 0 Å². The summed E-state index contributed by atoms with van der Waals surface area (Å²) in [7, 11) is 0. The number of nitriles is 1. The number of benzene rings is 3. The second-order valence-electron chi connectivity index (χ2n) is 10.9. The molecule has 0 spiro atoms. The molecule has 1 saturated heterocycles. The Kier molecular flexibility index (Phi) is 7.23. The quantitative estimate of drug-likeness (QED) is 0.344. The van der Waals surface area contributed by atoms with Gasteiger partial charge >= 0.3 is 0 Å². The van der Waals surface area contributed by atoms with Crippen molar-refractivity contribution in [3.8, 4) is 6.07 Å². The molecule has 1 fully saturated rings. The molecule has 1 aromatic heterocycles. The third-order valence-corrected chi connectivity index (χ3v) is 8.26. The third kappa shape index (κ3) is 5.01. The number of hydrogen-bond donors (Lipinski definition) is 2. The minimum atomic E-state index is -0.194. The maximum absolute atomic E-state index is 13.1. The first-order valence-electron chi connectivity index (χ1n) is 14.1. The number of amides is 2. The summed E-state index contributed by atoms with van der Waals surface area (Å²) >= 11 is 0. The molecule has 2 aliphatic rings. The van der Waals surface area contributed by atoms with E-state index >= 15 is 0 Å². The number of hydrogen-bond acceptors (Lipinski definition) is 7. The molecule has 0 aliphatic carbocycles. The Balaban J connectivity index is 1.22. The molecule has 9 heteroatoms. The summed E-state index contributed by atoms with van der Waals surface area (Å²) in [5.74, 6) is 0.340. The van der Waals surface area contributed by atoms with Crippen LogP contribution in [0, 0.1) is 25.2 Å². The van der Waals surface area contributed by atoms with Crippen LogP contribution in [0.4, 0.5) is 17.1 Å². The van der Waals surface area contributed by atoms with Crippen LogP contribution in [0.15, 0.2) is 71.3 Å². The number of rotatable bonds is 5. The zero-order valence-corrected chi connectivity index (χ0v) is 23.8. The highest BCUT2D eigenvalue weighted by Gasteiger charge is 2.35. The van der Waals surface area contributed by atoms with Crippen LogP contribution < -0.4 is 15.5 Å². The summed E-state index contributed by atoms with van der Waals surface area (Å²) in [6.45, 7) is 7.94. The van der Waals surface area contributed by atoms with Gasteiger partial charge in [0.1, 0.15) is 11.8 Å². The number of nitrogens with zero attached hydrogens (tertiary/aromatic N) is 4. The van der Waals surface area contributed by atoms with Gasteiger partial charge in [0, 0.05) is 48.2 Å². The molecule has 2 amide bonds. The summed E-state index contributed by atoms with van der Waals surface area (Å²) < 4.78 is 5.17. The van der Waals surface area contributed by atoms with Crippen LogP contribution in [0.2, 0.25) is 0 Å². The summed E-state index contributed by atoms with van der Waals surface area (Å²) in [5.41, 5.74) is 6.98. The number of anilines is 3. The van der Waals surface area contributed by atoms with Crippen LogP contribution in [-0.4, -0.2) is 47.5 Å². The first-order chi connectivity index (χ1) is 20.3. The number of carbonyl (C=O) groups excluding carboxylic acids is 2. The Labute approximate surface area is 244 Å². The average molecular weight is 561 g/mol. The molecular weight excluding hydrogens is 528 g/mol. The van der Waals surface area contributed by atoms with E-state index in [4.69, 9.17) is 4.52 Å². The van der Waals surface area contributed by atoms with E-state index in [9.17, 15) is 14.9 Å². The highest BCUT2D eigenvalue weighted by molar-refractivity contribution is 6.07. The Hall–Kier alpha value is -4.94. The van der Waals surface area contributed by atoms with Gasteiger partial charge in [0.2, 0.25) is 5.91 Å². The minimum Gasteiger partial charge on any atom is -0.365 e. The first-order valence-corrected chi connectivity index (χ1v) is 14.1. The zero-order valence-electron chi connectivity index (χ0n) is 23.8. The smallest absolute Gasteiger partial charge is 0.256 e. The van der Waals surface area contributed by atoms with Gasteiger partial charge in [-0.1, -0.05) is 41.6 Å². The number of aryl methyl sites for hydroxylation is 2. The van der Waals surface area contributed by atoms with Crippen molar-refractivity contribution in [3.05, 3.63) is 106 Å². The lowest BCUT2D eigenvalue weighted by Crippen LogP contribution is -2.53. The molecule has 212 valence electrons. The monoisotopic (exact) mass is 560 g/mol. The van der Waals surface area contributed by atoms with E-state index in [1.54, 1.807) is 13.0 Å². The molecule has 1 unspecified atom stereocenters. The molecule has 2 aliphatic heterocycles. The van der Waals surface area contributed by atoms with E-state index in [0.29, 0.717) is 34.8 Å². The van der Waals surface area contributed by atoms with E-state index < -0.39 is 0 Å². The van der Waals surface area contributed by atoms with E-state index in [0.717, 1.165) is 41.2 Å². The molecule has 2 N–H and O–H groups in total. The van der Waals surface area contributed by atoms with Crippen LogP contribution in [-0.2, 0) is 11.2 Å². The van der Waals surface area contributed by atoms with Crippen LogP contribution >= 0.6 is 0 Å². The molecular formula is C33H32N6O3. The number of fused-ring (bicyclic) bond motifs is 2. The van der Waals surface area contributed by atoms with Crippen molar-refractivity contribution in [2.45, 2.75) is 39.3 Å². The lowest BCUT2D eigenvalue weighted by Gasteiger charge is -2.45. The van der Waals surface area contributed by atoms with E-state index in [1.165, 1.54) is 0 Å². The number of para-hydroxylation sites is 1. The standard InChI is InChI=1S/C33H32N6O3/c1-20-19-38(32-25-8-4-5-9-26(25)33(41)36-29-11-7-6-10-27(29)32)14-15-39(20)30-13-12-24(16-23(30)18-34)35-31(40)17-28-21(2)37-42-22(28)3/h4-13,16,20,32H,14-15,17,19H2,1-3H3,(H,35,40)(H,36,41)/t20-,32?/m0/s1. The lowest BCUT2D eigenvalue weighted by atomic mass is 9.92. The van der Waals surface area contributed by atoms with Gasteiger partial charge in [-0.25, -0.2) is 0 Å². The Morgan fingerprint density at radius 3 is 2.60 bits per heavy atom. The second-order valence-corrected chi connectivity index (χ2v) is 10.9. The summed E-state index contributed by atoms with van der Waals surface area (Å²) in [5, 5.41) is 20.0. The molecule has 3 heterocycles. The zero-order chi connectivity index (χ0) is 29.4. The van der Waals surface area contributed by atoms with Crippen molar-refractivity contribution in [2.75, 3.05) is 35.2 Å². The van der Waals surface area contributed by atoms with E-state index in [-0.39, 0.29) is 30.3 Å². The number of piperazine rings is 1. The highest BCUT2D eigenvalue weighted by atomic mass is 16.5. The van der Waals surface area contributed by atoms with Gasteiger partial charge in [0.15, 0.2) is 0 Å². The fourth-order valence-corrected chi connectivity index (χ4v) is 6.19. The largest absolute Gasteiger partial charge is 0.365 e. The number of aromatic nitrogens is 1. The fraction of sp³-hybridized carbons (Fsp3) is 0.273. The number of nitrogens with one attached hydrogen (secondary N) is 2. The molecule has 0 bridgehead atoms. The summed E-state index contributed by atoms with van der Waals surface area (Å²) in [6, 6.07) is 23.7. The maximum atomic E-state index is 13.1. The van der Waals surface area contributed by atoms with Gasteiger partial charge in [-0.2, -0.15) is 5.26 Å². The van der Waals surface area contributed by atoms with E-state index in [2.05, 4.69) is 44.6 Å². The van der Waals surface area contributed by atoms with Gasteiger partial charge in [0.25, 0.3) is 5.91 Å². The molecule has 42 heavy (non-hydrogen) atoms. The topological polar surface area (TPSA) is 114 Å². The average Bonchev–Trinajstić information content (AvgIpc) is 3.23. The molecule has 2 atom stereocenters. The van der Waals surface area contributed by atoms with Crippen molar-refractivity contribution < 1.29 is 14.1 Å². The predicted molar refractivity (Wildman–Crippen MR) is 161 cm³/mol. The minimum absolute atomic E-state index is 0.0772. The van der Waals surface area contributed by atoms with E-state index in [1.807, 2.05) is 61.5 Å². The van der Waals surface area contributed by atoms with Crippen molar-refractivity contribution in [1.29, 1.82) is 5.26 Å². The lowest BCUT2D eigenvalue weighted by molar-refractivity contribution is -0.115. The van der Waals surface area contributed by atoms with Gasteiger partial charge < -0.3 is 20.1 Å². The normalized spacial score (nSPS) is 18.3. The third-order valence-electron chi connectivity index (χ3n) is 8.26. The van der Waals surface area contributed by atoms with Gasteiger partial charge in [0.05, 0.1) is 29.4 Å². The molecule has 0 saturated carbocycles. The van der Waals surface area contributed by atoms with Crippen molar-refractivity contribution >= 4 is 28.9 Å². The van der Waals surface area contributed by atoms with Crippen molar-refractivity contribution in [1.82, 2.24) is 10.1 Å². The SMILES string of the molecule is Cc1noc(C)c1CC(=O)Nc1ccc(N2CCN(C3c4ccccc4NC(=O)c4ccccc43)C[C@@H]2C)c(C#N)c1. The molecule has 0 radical (unpaired) electrons. The fourth-order valence-electron chi connectivity index (χ4n) is 6.19.